The Hall–Kier alpha value is -0.950. The van der Waals surface area contributed by atoms with Gasteiger partial charge in [0.1, 0.15) is 0 Å². The van der Waals surface area contributed by atoms with E-state index in [1.165, 1.54) is 4.31 Å². The molecule has 0 fully saturated rings. The molecule has 0 amide bonds. The molecular weight excluding hydrogens is 276 g/mol. The summed E-state index contributed by atoms with van der Waals surface area (Å²) < 4.78 is 31.5. The molecule has 0 radical (unpaired) electrons. The molecule has 5 nitrogen and oxygen atoms in total. The van der Waals surface area contributed by atoms with Crippen LogP contribution >= 0.6 is 0 Å². The summed E-state index contributed by atoms with van der Waals surface area (Å²) in [5.41, 5.74) is 0.799. The van der Waals surface area contributed by atoms with E-state index in [9.17, 15) is 8.42 Å². The van der Waals surface area contributed by atoms with Crippen molar-refractivity contribution >= 4 is 10.0 Å². The van der Waals surface area contributed by atoms with Crippen molar-refractivity contribution in [2.45, 2.75) is 24.8 Å². The third-order valence-corrected chi connectivity index (χ3v) is 5.01. The molecule has 0 atom stereocenters. The molecule has 0 aliphatic heterocycles. The first-order valence-electron chi connectivity index (χ1n) is 6.78. The van der Waals surface area contributed by atoms with Gasteiger partial charge < -0.3 is 10.1 Å². The van der Waals surface area contributed by atoms with Gasteiger partial charge in [0.2, 0.25) is 10.0 Å². The van der Waals surface area contributed by atoms with Gasteiger partial charge in [-0.25, -0.2) is 12.7 Å². The largest absolute Gasteiger partial charge is 0.385 e. The van der Waals surface area contributed by atoms with Gasteiger partial charge in [-0.15, -0.1) is 0 Å². The second-order valence-corrected chi connectivity index (χ2v) is 6.57. The summed E-state index contributed by atoms with van der Waals surface area (Å²) in [5, 5.41) is 3.17. The molecule has 1 aromatic rings. The number of hydrogen-bond donors (Lipinski definition) is 1. The molecule has 20 heavy (non-hydrogen) atoms. The summed E-state index contributed by atoms with van der Waals surface area (Å²) in [6.45, 7) is 4.36. The van der Waals surface area contributed by atoms with Crippen LogP contribution in [0.5, 0.6) is 0 Å². The highest BCUT2D eigenvalue weighted by molar-refractivity contribution is 7.89. The van der Waals surface area contributed by atoms with Gasteiger partial charge in [0.15, 0.2) is 0 Å². The van der Waals surface area contributed by atoms with E-state index in [4.69, 9.17) is 4.74 Å². The van der Waals surface area contributed by atoms with Crippen molar-refractivity contribution in [3.05, 3.63) is 29.8 Å². The van der Waals surface area contributed by atoms with Crippen molar-refractivity contribution in [3.8, 4) is 0 Å². The Kier molecular flexibility index (Phi) is 7.15. The number of nitrogens with zero attached hydrogens (tertiary/aromatic N) is 1. The summed E-state index contributed by atoms with van der Waals surface area (Å²) in [6.07, 6.45) is 0.682. The van der Waals surface area contributed by atoms with Gasteiger partial charge in [-0.05, 0) is 24.6 Å². The molecule has 1 rings (SSSR count). The summed E-state index contributed by atoms with van der Waals surface area (Å²) in [5.74, 6) is 0. The molecule has 0 aliphatic carbocycles. The number of sulfonamides is 1. The van der Waals surface area contributed by atoms with E-state index in [2.05, 4.69) is 5.32 Å². The van der Waals surface area contributed by atoms with Crippen molar-refractivity contribution in [2.75, 3.05) is 33.9 Å². The standard InChI is InChI=1S/C14H24N2O3S/c1-4-15-12-13-8-5-6-9-14(13)20(17,18)16(2)10-7-11-19-3/h5-6,8-9,15H,4,7,10-12H2,1-3H3. The number of rotatable bonds is 9. The lowest BCUT2D eigenvalue weighted by Gasteiger charge is -2.19. The van der Waals surface area contributed by atoms with Crippen LogP contribution in [0.15, 0.2) is 29.2 Å². The average molecular weight is 300 g/mol. The SMILES string of the molecule is CCNCc1ccccc1S(=O)(=O)N(C)CCCOC. The van der Waals surface area contributed by atoms with Crippen LogP contribution in [0, 0.1) is 0 Å². The van der Waals surface area contributed by atoms with Gasteiger partial charge in [0.25, 0.3) is 0 Å². The number of nitrogens with one attached hydrogen (secondary N) is 1. The predicted octanol–water partition coefficient (Wildman–Crippen LogP) is 1.45. The molecule has 1 aromatic carbocycles. The number of hydrogen-bond acceptors (Lipinski definition) is 4. The van der Waals surface area contributed by atoms with E-state index >= 15 is 0 Å². The Bertz CT molecular complexity index is 503. The highest BCUT2D eigenvalue weighted by Gasteiger charge is 2.22. The lowest BCUT2D eigenvalue weighted by Crippen LogP contribution is -2.30. The van der Waals surface area contributed by atoms with Crippen molar-refractivity contribution in [1.82, 2.24) is 9.62 Å². The van der Waals surface area contributed by atoms with Gasteiger partial charge in [0, 0.05) is 33.9 Å². The zero-order chi connectivity index (χ0) is 15.0. The Morgan fingerprint density at radius 3 is 2.65 bits per heavy atom. The summed E-state index contributed by atoms with van der Waals surface area (Å²) >= 11 is 0. The molecule has 0 bridgehead atoms. The maximum Gasteiger partial charge on any atom is 0.243 e. The van der Waals surface area contributed by atoms with Crippen molar-refractivity contribution in [2.24, 2.45) is 0 Å². The number of methoxy groups -OCH3 is 1. The highest BCUT2D eigenvalue weighted by Crippen LogP contribution is 2.19. The van der Waals surface area contributed by atoms with Crippen molar-refractivity contribution in [3.63, 3.8) is 0 Å². The van der Waals surface area contributed by atoms with Gasteiger partial charge in [-0.2, -0.15) is 0 Å². The quantitative estimate of drug-likeness (QED) is 0.701. The molecule has 114 valence electrons. The molecule has 0 spiro atoms. The van der Waals surface area contributed by atoms with E-state index in [0.29, 0.717) is 31.0 Å². The maximum absolute atomic E-state index is 12.6. The normalized spacial score (nSPS) is 12.0. The van der Waals surface area contributed by atoms with Crippen LogP contribution in [0.3, 0.4) is 0 Å². The van der Waals surface area contributed by atoms with Crippen molar-refractivity contribution in [1.29, 1.82) is 0 Å². The molecule has 0 unspecified atom stereocenters. The minimum absolute atomic E-state index is 0.376. The van der Waals surface area contributed by atoms with Crippen LogP contribution in [0.1, 0.15) is 18.9 Å². The van der Waals surface area contributed by atoms with Gasteiger partial charge >= 0.3 is 0 Å². The van der Waals surface area contributed by atoms with E-state index in [1.807, 2.05) is 19.1 Å². The van der Waals surface area contributed by atoms with Crippen LogP contribution < -0.4 is 5.32 Å². The van der Waals surface area contributed by atoms with E-state index < -0.39 is 10.0 Å². The van der Waals surface area contributed by atoms with E-state index in [1.54, 1.807) is 26.3 Å². The monoisotopic (exact) mass is 300 g/mol. The molecule has 1 N–H and O–H groups in total. The topological polar surface area (TPSA) is 58.6 Å². The third kappa shape index (κ3) is 4.56. The smallest absolute Gasteiger partial charge is 0.243 e. The van der Waals surface area contributed by atoms with Gasteiger partial charge in [0.05, 0.1) is 4.90 Å². The van der Waals surface area contributed by atoms with Crippen LogP contribution in [0.25, 0.3) is 0 Å². The molecule has 0 saturated carbocycles. The lowest BCUT2D eigenvalue weighted by molar-refractivity contribution is 0.189. The van der Waals surface area contributed by atoms with Gasteiger partial charge in [-0.1, -0.05) is 25.1 Å². The summed E-state index contributed by atoms with van der Waals surface area (Å²) in [6, 6.07) is 7.12. The molecule has 0 heterocycles. The summed E-state index contributed by atoms with van der Waals surface area (Å²) in [4.78, 5) is 0.376. The fourth-order valence-electron chi connectivity index (χ4n) is 1.88. The minimum atomic E-state index is -3.44. The van der Waals surface area contributed by atoms with Crippen LogP contribution in [0.4, 0.5) is 0 Å². The van der Waals surface area contributed by atoms with Crippen LogP contribution in [-0.2, 0) is 21.3 Å². The molecule has 0 saturated heterocycles. The Labute approximate surface area is 122 Å². The second-order valence-electron chi connectivity index (χ2n) is 4.56. The predicted molar refractivity (Wildman–Crippen MR) is 80.1 cm³/mol. The lowest BCUT2D eigenvalue weighted by atomic mass is 10.2. The fraction of sp³-hybridized carbons (Fsp3) is 0.571. The van der Waals surface area contributed by atoms with Crippen LogP contribution in [0.2, 0.25) is 0 Å². The number of benzene rings is 1. The molecule has 6 heteroatoms. The van der Waals surface area contributed by atoms with Crippen LogP contribution in [-0.4, -0.2) is 46.6 Å². The van der Waals surface area contributed by atoms with E-state index in [0.717, 1.165) is 12.1 Å². The maximum atomic E-state index is 12.6. The van der Waals surface area contributed by atoms with E-state index in [-0.39, 0.29) is 0 Å². The molecule has 0 aromatic heterocycles. The first-order chi connectivity index (χ1) is 9.54. The van der Waals surface area contributed by atoms with Gasteiger partial charge in [-0.3, -0.25) is 0 Å². The Balaban J connectivity index is 2.90. The fourth-order valence-corrected chi connectivity index (χ4v) is 3.31. The second kappa shape index (κ2) is 8.36. The highest BCUT2D eigenvalue weighted by atomic mass is 32.2. The molecule has 0 aliphatic rings. The zero-order valence-electron chi connectivity index (χ0n) is 12.4. The first-order valence-corrected chi connectivity index (χ1v) is 8.22. The molecular formula is C14H24N2O3S. The number of ether oxygens (including phenoxy) is 1. The van der Waals surface area contributed by atoms with Crippen molar-refractivity contribution < 1.29 is 13.2 Å². The Morgan fingerprint density at radius 2 is 2.00 bits per heavy atom. The Morgan fingerprint density at radius 1 is 1.30 bits per heavy atom. The minimum Gasteiger partial charge on any atom is -0.385 e. The average Bonchev–Trinajstić information content (AvgIpc) is 2.45. The summed E-state index contributed by atoms with van der Waals surface area (Å²) in [7, 11) is -0.225. The third-order valence-electron chi connectivity index (χ3n) is 3.05. The zero-order valence-corrected chi connectivity index (χ0v) is 13.2. The first kappa shape index (κ1) is 17.1.